The molecule has 2 N–H and O–H groups in total. The summed E-state index contributed by atoms with van der Waals surface area (Å²) >= 11 is 1.62. The predicted octanol–water partition coefficient (Wildman–Crippen LogP) is 1.81. The highest BCUT2D eigenvalue weighted by Gasteiger charge is 2.23. The van der Waals surface area contributed by atoms with E-state index in [4.69, 9.17) is 9.84 Å². The zero-order chi connectivity index (χ0) is 16.0. The van der Waals surface area contributed by atoms with Gasteiger partial charge in [0, 0.05) is 11.8 Å². The van der Waals surface area contributed by atoms with Gasteiger partial charge >= 0.3 is 5.97 Å². The van der Waals surface area contributed by atoms with E-state index in [-0.39, 0.29) is 22.3 Å². The van der Waals surface area contributed by atoms with Crippen LogP contribution in [0.2, 0.25) is 0 Å². The van der Waals surface area contributed by atoms with E-state index in [0.29, 0.717) is 5.75 Å². The molecule has 0 bridgehead atoms. The average Bonchev–Trinajstić information content (AvgIpc) is 2.43. The fourth-order valence-corrected chi connectivity index (χ4v) is 3.89. The molecule has 1 unspecified atom stereocenters. The van der Waals surface area contributed by atoms with Gasteiger partial charge in [0.1, 0.15) is 10.6 Å². The summed E-state index contributed by atoms with van der Waals surface area (Å²) in [6.07, 6.45) is 0. The van der Waals surface area contributed by atoms with Gasteiger partial charge in [0.15, 0.2) is 0 Å². The number of carboxylic acid groups (broad SMARTS) is 1. The van der Waals surface area contributed by atoms with E-state index in [9.17, 15) is 13.2 Å². The molecule has 0 spiro atoms. The molecule has 0 aliphatic rings. The lowest BCUT2D eigenvalue weighted by Gasteiger charge is -2.15. The molecule has 1 atom stereocenters. The van der Waals surface area contributed by atoms with Crippen molar-refractivity contribution in [2.45, 2.75) is 24.8 Å². The molecule has 0 amide bonds. The van der Waals surface area contributed by atoms with Crippen molar-refractivity contribution in [3.05, 3.63) is 23.8 Å². The zero-order valence-electron chi connectivity index (χ0n) is 12.1. The monoisotopic (exact) mass is 333 g/mol. The maximum atomic E-state index is 12.4. The van der Waals surface area contributed by atoms with E-state index in [2.05, 4.69) is 4.72 Å². The van der Waals surface area contributed by atoms with Crippen molar-refractivity contribution in [2.75, 3.05) is 18.6 Å². The second-order valence-corrected chi connectivity index (χ2v) is 7.35. The summed E-state index contributed by atoms with van der Waals surface area (Å²) in [5.74, 6) is 0.451. The second-order valence-electron chi connectivity index (χ2n) is 4.35. The summed E-state index contributed by atoms with van der Waals surface area (Å²) in [7, 11) is -2.50. The highest BCUT2D eigenvalue weighted by atomic mass is 32.2. The van der Waals surface area contributed by atoms with Gasteiger partial charge in [-0.1, -0.05) is 6.92 Å². The molecule has 0 aliphatic heterocycles. The third-order valence-corrected chi connectivity index (χ3v) is 5.38. The molecule has 0 aliphatic carbocycles. The molecule has 1 aromatic carbocycles. The fraction of sp³-hybridized carbons (Fsp3) is 0.462. The van der Waals surface area contributed by atoms with Gasteiger partial charge in [0.05, 0.1) is 12.7 Å². The number of carbonyl (C=O) groups is 1. The number of hydrogen-bond acceptors (Lipinski definition) is 5. The Labute approximate surface area is 128 Å². The minimum Gasteiger partial charge on any atom is -0.495 e. The molecular formula is C13H19NO5S2. The van der Waals surface area contributed by atoms with Crippen molar-refractivity contribution in [3.8, 4) is 5.75 Å². The number of methoxy groups -OCH3 is 1. The first-order valence-electron chi connectivity index (χ1n) is 6.33. The van der Waals surface area contributed by atoms with E-state index in [0.717, 1.165) is 11.8 Å². The lowest BCUT2D eigenvalue weighted by Crippen LogP contribution is -2.34. The van der Waals surface area contributed by atoms with Gasteiger partial charge in [-0.25, -0.2) is 17.9 Å². The number of carboxylic acids is 1. The summed E-state index contributed by atoms with van der Waals surface area (Å²) in [6.45, 7) is 3.75. The Morgan fingerprint density at radius 3 is 2.67 bits per heavy atom. The molecule has 6 nitrogen and oxygen atoms in total. The first-order valence-corrected chi connectivity index (χ1v) is 8.97. The van der Waals surface area contributed by atoms with Crippen LogP contribution >= 0.6 is 11.8 Å². The van der Waals surface area contributed by atoms with Crippen LogP contribution in [-0.4, -0.2) is 44.2 Å². The van der Waals surface area contributed by atoms with Crippen LogP contribution in [0, 0.1) is 0 Å². The van der Waals surface area contributed by atoms with Crippen LogP contribution < -0.4 is 9.46 Å². The van der Waals surface area contributed by atoms with Crippen molar-refractivity contribution in [1.29, 1.82) is 0 Å². The van der Waals surface area contributed by atoms with Crippen molar-refractivity contribution in [3.63, 3.8) is 0 Å². The zero-order valence-corrected chi connectivity index (χ0v) is 13.8. The molecule has 0 radical (unpaired) electrons. The summed E-state index contributed by atoms with van der Waals surface area (Å²) in [6, 6.07) is 3.47. The first-order chi connectivity index (χ1) is 9.81. The highest BCUT2D eigenvalue weighted by Crippen LogP contribution is 2.25. The van der Waals surface area contributed by atoms with Gasteiger partial charge < -0.3 is 9.84 Å². The molecule has 21 heavy (non-hydrogen) atoms. The lowest BCUT2D eigenvalue weighted by atomic mass is 10.2. The predicted molar refractivity (Wildman–Crippen MR) is 82.7 cm³/mol. The molecule has 0 saturated carbocycles. The van der Waals surface area contributed by atoms with Crippen LogP contribution in [0.3, 0.4) is 0 Å². The van der Waals surface area contributed by atoms with Crippen LogP contribution in [0.5, 0.6) is 5.75 Å². The smallest absolute Gasteiger partial charge is 0.335 e. The molecule has 1 aromatic rings. The average molecular weight is 333 g/mol. The van der Waals surface area contributed by atoms with Crippen molar-refractivity contribution in [2.24, 2.45) is 0 Å². The highest BCUT2D eigenvalue weighted by molar-refractivity contribution is 7.99. The van der Waals surface area contributed by atoms with Crippen molar-refractivity contribution >= 4 is 27.8 Å². The topological polar surface area (TPSA) is 92.7 Å². The van der Waals surface area contributed by atoms with E-state index >= 15 is 0 Å². The molecule has 0 saturated heterocycles. The van der Waals surface area contributed by atoms with Gasteiger partial charge in [-0.3, -0.25) is 0 Å². The molecule has 1 rings (SSSR count). The summed E-state index contributed by atoms with van der Waals surface area (Å²) < 4.78 is 32.3. The molecule has 8 heteroatoms. The minimum atomic E-state index is -3.84. The number of sulfonamides is 1. The van der Waals surface area contributed by atoms with E-state index in [1.165, 1.54) is 19.2 Å². The normalized spacial score (nSPS) is 12.9. The third kappa shape index (κ3) is 4.90. The van der Waals surface area contributed by atoms with Gasteiger partial charge in [0.2, 0.25) is 10.0 Å². The molecule has 118 valence electrons. The Balaban J connectivity index is 3.11. The Bertz CT molecular complexity index is 601. The number of hydrogen-bond donors (Lipinski definition) is 2. The van der Waals surface area contributed by atoms with Crippen LogP contribution in [-0.2, 0) is 10.0 Å². The first kappa shape index (κ1) is 17.8. The number of ether oxygens (including phenoxy) is 1. The maximum absolute atomic E-state index is 12.4. The van der Waals surface area contributed by atoms with E-state index < -0.39 is 16.0 Å². The van der Waals surface area contributed by atoms with Crippen LogP contribution in [0.4, 0.5) is 0 Å². The van der Waals surface area contributed by atoms with Crippen LogP contribution in [0.15, 0.2) is 23.1 Å². The standard InChI is InChI=1S/C13H19NO5S2/c1-4-20-8-9(2)14-21(17,18)12-7-10(13(15)16)5-6-11(12)19-3/h5-7,9,14H,4,8H2,1-3H3,(H,15,16). The quantitative estimate of drug-likeness (QED) is 0.754. The van der Waals surface area contributed by atoms with Crippen molar-refractivity contribution in [1.82, 2.24) is 4.72 Å². The molecule has 0 fully saturated rings. The third-order valence-electron chi connectivity index (χ3n) is 2.63. The summed E-state index contributed by atoms with van der Waals surface area (Å²) in [5.41, 5.74) is -0.105. The number of aromatic carboxylic acids is 1. The van der Waals surface area contributed by atoms with E-state index in [1.807, 2.05) is 6.92 Å². The number of benzene rings is 1. The van der Waals surface area contributed by atoms with Crippen LogP contribution in [0.25, 0.3) is 0 Å². The summed E-state index contributed by atoms with van der Waals surface area (Å²) in [5, 5.41) is 8.98. The second kappa shape index (κ2) is 7.67. The minimum absolute atomic E-state index is 0.105. The molecule has 0 aromatic heterocycles. The Morgan fingerprint density at radius 2 is 2.14 bits per heavy atom. The van der Waals surface area contributed by atoms with Gasteiger partial charge in [-0.15, -0.1) is 0 Å². The largest absolute Gasteiger partial charge is 0.495 e. The Hall–Kier alpha value is -1.25. The molecule has 0 heterocycles. The molecular weight excluding hydrogens is 314 g/mol. The van der Waals surface area contributed by atoms with Crippen molar-refractivity contribution < 1.29 is 23.1 Å². The lowest BCUT2D eigenvalue weighted by molar-refractivity contribution is 0.0696. The number of thioether (sulfide) groups is 1. The Kier molecular flexibility index (Phi) is 6.50. The van der Waals surface area contributed by atoms with Gasteiger partial charge in [0.25, 0.3) is 0 Å². The number of nitrogens with one attached hydrogen (secondary N) is 1. The SMILES string of the molecule is CCSCC(C)NS(=O)(=O)c1cc(C(=O)O)ccc1OC. The van der Waals surface area contributed by atoms with Gasteiger partial charge in [-0.05, 0) is 30.9 Å². The Morgan fingerprint density at radius 1 is 1.48 bits per heavy atom. The van der Waals surface area contributed by atoms with E-state index in [1.54, 1.807) is 18.7 Å². The number of rotatable bonds is 8. The maximum Gasteiger partial charge on any atom is 0.335 e. The fourth-order valence-electron chi connectivity index (χ4n) is 1.68. The van der Waals surface area contributed by atoms with Crippen LogP contribution in [0.1, 0.15) is 24.2 Å². The van der Waals surface area contributed by atoms with Gasteiger partial charge in [-0.2, -0.15) is 11.8 Å². The summed E-state index contributed by atoms with van der Waals surface area (Å²) in [4.78, 5) is 10.8.